The summed E-state index contributed by atoms with van der Waals surface area (Å²) in [4.78, 5) is 6.92. The molecule has 0 aliphatic rings. The van der Waals surface area contributed by atoms with Crippen LogP contribution in [0.4, 0.5) is 108 Å². The van der Waals surface area contributed by atoms with Gasteiger partial charge in [0, 0.05) is 108 Å². The van der Waals surface area contributed by atoms with E-state index in [4.69, 9.17) is 0 Å². The highest BCUT2D eigenvalue weighted by Gasteiger charge is 2.19. The van der Waals surface area contributed by atoms with E-state index in [1.807, 2.05) is 91.0 Å². The smallest absolute Gasteiger partial charge is 0.0463 e. The van der Waals surface area contributed by atoms with Crippen molar-refractivity contribution in [2.24, 2.45) is 0 Å². The van der Waals surface area contributed by atoms with Gasteiger partial charge in [0.1, 0.15) is 0 Å². The zero-order valence-corrected chi connectivity index (χ0v) is 43.9. The van der Waals surface area contributed by atoms with Gasteiger partial charge < -0.3 is 41.3 Å². The van der Waals surface area contributed by atoms with E-state index in [2.05, 4.69) is 272 Å². The van der Waals surface area contributed by atoms with E-state index in [0.29, 0.717) is 0 Å². The van der Waals surface area contributed by atoms with Crippen LogP contribution in [-0.4, -0.2) is 0 Å². The molecule has 0 aromatic heterocycles. The Bertz CT molecular complexity index is 3440. The van der Waals surface area contributed by atoms with Crippen LogP contribution in [0.3, 0.4) is 0 Å². The van der Waals surface area contributed by atoms with Crippen molar-refractivity contribution in [3.63, 3.8) is 0 Å². The molecule has 386 valence electrons. The number of nitrogens with zero attached hydrogens (tertiary/aromatic N) is 3. The van der Waals surface area contributed by atoms with E-state index in [1.54, 1.807) is 0 Å². The van der Waals surface area contributed by atoms with E-state index in [1.165, 1.54) is 0 Å². The van der Waals surface area contributed by atoms with Crippen LogP contribution < -0.4 is 41.3 Å². The second-order valence-corrected chi connectivity index (χ2v) is 19.2. The Morgan fingerprint density at radius 3 is 0.375 bits per heavy atom. The van der Waals surface area contributed by atoms with Crippen molar-refractivity contribution in [2.75, 3.05) is 41.3 Å². The van der Waals surface area contributed by atoms with E-state index in [0.717, 1.165) is 108 Å². The Kier molecular flexibility index (Phi) is 14.9. The summed E-state index contributed by atoms with van der Waals surface area (Å²) in [6.45, 7) is 0. The lowest BCUT2D eigenvalue weighted by Crippen LogP contribution is -2.13. The molecule has 5 N–H and O–H groups in total. The van der Waals surface area contributed by atoms with Gasteiger partial charge in [-0.3, -0.25) is 0 Å². The summed E-state index contributed by atoms with van der Waals surface area (Å²) in [6.07, 6.45) is 0. The van der Waals surface area contributed by atoms with Gasteiger partial charge in [0.2, 0.25) is 0 Å². The predicted octanol–water partition coefficient (Wildman–Crippen LogP) is 20.8. The van der Waals surface area contributed by atoms with Gasteiger partial charge in [-0.25, -0.2) is 0 Å². The molecular weight excluding hydrogens is 977 g/mol. The lowest BCUT2D eigenvalue weighted by atomic mass is 10.1. The molecule has 8 nitrogen and oxygen atoms in total. The molecule has 0 heterocycles. The fourth-order valence-corrected chi connectivity index (χ4v) is 9.75. The summed E-state index contributed by atoms with van der Waals surface area (Å²) in [5.41, 5.74) is 19.4. The quantitative estimate of drug-likeness (QED) is 0.0549. The summed E-state index contributed by atoms with van der Waals surface area (Å²) >= 11 is 0. The summed E-state index contributed by atoms with van der Waals surface area (Å²) < 4.78 is 0. The van der Waals surface area contributed by atoms with Gasteiger partial charge in [0.15, 0.2) is 0 Å². The molecule has 0 aliphatic heterocycles. The van der Waals surface area contributed by atoms with Crippen LogP contribution in [0.15, 0.2) is 322 Å². The van der Waals surface area contributed by atoms with Gasteiger partial charge in [-0.15, -0.1) is 0 Å². The van der Waals surface area contributed by atoms with Gasteiger partial charge in [0.25, 0.3) is 0 Å². The van der Waals surface area contributed by atoms with E-state index in [-0.39, 0.29) is 0 Å². The molecule has 0 saturated heterocycles. The van der Waals surface area contributed by atoms with Crippen molar-refractivity contribution < 1.29 is 0 Å². The number of rotatable bonds is 19. The fraction of sp³-hybridized carbons (Fsp3) is 0. The third-order valence-corrected chi connectivity index (χ3v) is 13.7. The number of para-hydroxylation sites is 5. The zero-order chi connectivity index (χ0) is 53.7. The Labute approximate surface area is 468 Å². The van der Waals surface area contributed by atoms with Crippen LogP contribution in [0.2, 0.25) is 0 Å². The molecule has 12 aromatic carbocycles. The highest BCUT2D eigenvalue weighted by molar-refractivity contribution is 5.85. The summed E-state index contributed by atoms with van der Waals surface area (Å²) in [5, 5.41) is 17.8. The minimum absolute atomic E-state index is 1.00. The predicted molar refractivity (Wildman–Crippen MR) is 339 cm³/mol. The molecule has 12 aromatic rings. The number of hydrogen-bond donors (Lipinski definition) is 5. The molecule has 0 spiro atoms. The molecule has 0 bridgehead atoms. The van der Waals surface area contributed by atoms with Crippen molar-refractivity contribution in [3.8, 4) is 0 Å². The third kappa shape index (κ3) is 12.2. The first kappa shape index (κ1) is 49.9. The van der Waals surface area contributed by atoms with Crippen LogP contribution in [0, 0.1) is 0 Å². The van der Waals surface area contributed by atoms with Crippen LogP contribution >= 0.6 is 0 Å². The molecule has 12 rings (SSSR count). The Morgan fingerprint density at radius 1 is 0.125 bits per heavy atom. The first-order valence-electron chi connectivity index (χ1n) is 26.8. The molecule has 0 radical (unpaired) electrons. The standard InChI is InChI=1S/C72H58N8/c1-6-16-54(17-7-1)73-59-26-36-64(37-27-59)78(65-38-28-60(29-39-65)74-55-18-8-2-9-19-55)69-46-50-71(51-47-69)80(68-44-34-63(35-45-68)77-58-24-14-5-15-25-58)72-52-48-70(49-53-72)79(66-40-30-61(31-41-66)75-56-20-10-3-11-21-56)67-42-32-62(33-43-67)76-57-22-12-4-13-23-57/h1-53,73-77H. The summed E-state index contributed by atoms with van der Waals surface area (Å²) in [6, 6.07) is 112. The number of benzene rings is 12. The maximum Gasteiger partial charge on any atom is 0.0463 e. The maximum atomic E-state index is 3.57. The minimum Gasteiger partial charge on any atom is -0.356 e. The van der Waals surface area contributed by atoms with Gasteiger partial charge in [-0.1, -0.05) is 91.0 Å². The molecule has 0 atom stereocenters. The molecule has 0 aliphatic carbocycles. The molecule has 0 fully saturated rings. The van der Waals surface area contributed by atoms with Crippen molar-refractivity contribution in [1.29, 1.82) is 0 Å². The van der Waals surface area contributed by atoms with Crippen LogP contribution in [0.5, 0.6) is 0 Å². The van der Waals surface area contributed by atoms with Crippen LogP contribution in [0.1, 0.15) is 0 Å². The van der Waals surface area contributed by atoms with Gasteiger partial charge in [-0.05, 0) is 231 Å². The maximum absolute atomic E-state index is 3.57. The lowest BCUT2D eigenvalue weighted by molar-refractivity contribution is 1.24. The van der Waals surface area contributed by atoms with Crippen molar-refractivity contribution >= 4 is 108 Å². The molecule has 8 heteroatoms. The Hall–Kier alpha value is -11.0. The van der Waals surface area contributed by atoms with E-state index >= 15 is 0 Å². The van der Waals surface area contributed by atoms with Gasteiger partial charge in [0.05, 0.1) is 0 Å². The first-order valence-corrected chi connectivity index (χ1v) is 26.8. The number of anilines is 19. The molecular formula is C72H58N8. The average molecular weight is 1040 g/mol. The van der Waals surface area contributed by atoms with Crippen LogP contribution in [-0.2, 0) is 0 Å². The molecule has 0 saturated carbocycles. The average Bonchev–Trinajstić information content (AvgIpc) is 3.52. The van der Waals surface area contributed by atoms with Gasteiger partial charge >= 0.3 is 0 Å². The second kappa shape index (κ2) is 23.9. The second-order valence-electron chi connectivity index (χ2n) is 19.2. The van der Waals surface area contributed by atoms with E-state index in [9.17, 15) is 0 Å². The number of nitrogens with one attached hydrogen (secondary N) is 5. The Balaban J connectivity index is 0.891. The molecule has 0 unspecified atom stereocenters. The SMILES string of the molecule is c1ccc(Nc2ccc(N(c3ccc(Nc4ccccc4)cc3)c3ccc(N(c4ccc(Nc5ccccc5)cc4)c4ccc(N(c5ccc(Nc6ccccc6)cc5)c5ccc(Nc6ccccc6)cc5)cc4)cc3)cc2)cc1. The van der Waals surface area contributed by atoms with Crippen molar-refractivity contribution in [1.82, 2.24) is 0 Å². The first-order chi connectivity index (χ1) is 39.6. The topological polar surface area (TPSA) is 69.9 Å². The van der Waals surface area contributed by atoms with Crippen molar-refractivity contribution in [3.05, 3.63) is 322 Å². The summed E-state index contributed by atoms with van der Waals surface area (Å²) in [5.74, 6) is 0. The highest BCUT2D eigenvalue weighted by atomic mass is 15.2. The molecule has 80 heavy (non-hydrogen) atoms. The fourth-order valence-electron chi connectivity index (χ4n) is 9.75. The number of hydrogen-bond acceptors (Lipinski definition) is 8. The van der Waals surface area contributed by atoms with Gasteiger partial charge in [-0.2, -0.15) is 0 Å². The van der Waals surface area contributed by atoms with Crippen molar-refractivity contribution in [2.45, 2.75) is 0 Å². The van der Waals surface area contributed by atoms with Crippen LogP contribution in [0.25, 0.3) is 0 Å². The minimum atomic E-state index is 1.00. The Morgan fingerprint density at radius 2 is 0.237 bits per heavy atom. The third-order valence-electron chi connectivity index (χ3n) is 13.7. The lowest BCUT2D eigenvalue weighted by Gasteiger charge is -2.30. The molecule has 0 amide bonds. The monoisotopic (exact) mass is 1030 g/mol. The largest absolute Gasteiger partial charge is 0.356 e. The highest BCUT2D eigenvalue weighted by Crippen LogP contribution is 2.43. The van der Waals surface area contributed by atoms with E-state index < -0.39 is 0 Å². The zero-order valence-electron chi connectivity index (χ0n) is 43.9. The normalized spacial score (nSPS) is 10.8. The summed E-state index contributed by atoms with van der Waals surface area (Å²) in [7, 11) is 0.